The first-order valence-corrected chi connectivity index (χ1v) is 10.4. The fraction of sp³-hybridized carbons (Fsp3) is 0.269. The van der Waals surface area contributed by atoms with Crippen molar-refractivity contribution >= 4 is 17.2 Å². The van der Waals surface area contributed by atoms with Gasteiger partial charge < -0.3 is 4.90 Å². The third-order valence-electron chi connectivity index (χ3n) is 5.66. The number of para-hydroxylation sites is 1. The molecule has 1 fully saturated rings. The molecule has 0 aliphatic carbocycles. The second-order valence-electron chi connectivity index (χ2n) is 7.83. The number of hydrogen-bond donors (Lipinski definition) is 0. The van der Waals surface area contributed by atoms with Gasteiger partial charge in [-0.15, -0.1) is 0 Å². The summed E-state index contributed by atoms with van der Waals surface area (Å²) in [4.78, 5) is 16.9. The van der Waals surface area contributed by atoms with Gasteiger partial charge in [-0.25, -0.2) is 0 Å². The summed E-state index contributed by atoms with van der Waals surface area (Å²) in [6.07, 6.45) is 2.32. The van der Waals surface area contributed by atoms with Gasteiger partial charge in [0.2, 0.25) is 0 Å². The number of carbonyl (C=O) groups is 1. The van der Waals surface area contributed by atoms with Gasteiger partial charge in [-0.1, -0.05) is 60.7 Å². The number of likely N-dealkylation sites (tertiary alicyclic amines) is 1. The molecule has 0 radical (unpaired) electrons. The number of benzene rings is 3. The van der Waals surface area contributed by atoms with Gasteiger partial charge >= 0.3 is 0 Å². The molecule has 0 saturated carbocycles. The van der Waals surface area contributed by atoms with Gasteiger partial charge in [-0.3, -0.25) is 9.69 Å². The predicted molar refractivity (Wildman–Crippen MR) is 120 cm³/mol. The van der Waals surface area contributed by atoms with Gasteiger partial charge in [0, 0.05) is 36.1 Å². The van der Waals surface area contributed by atoms with E-state index in [1.807, 2.05) is 18.2 Å². The molecule has 0 amide bonds. The van der Waals surface area contributed by atoms with E-state index in [1.54, 1.807) is 6.92 Å². The van der Waals surface area contributed by atoms with Crippen molar-refractivity contribution in [3.8, 4) is 0 Å². The largest absolute Gasteiger partial charge is 0.337 e. The van der Waals surface area contributed by atoms with Crippen LogP contribution in [0.3, 0.4) is 0 Å². The van der Waals surface area contributed by atoms with Crippen molar-refractivity contribution in [3.05, 3.63) is 96.1 Å². The number of anilines is 2. The Kier molecular flexibility index (Phi) is 6.06. The molecule has 0 aromatic heterocycles. The summed E-state index contributed by atoms with van der Waals surface area (Å²) < 4.78 is 0. The number of ketones is 1. The number of Topliss-reactive ketones (excluding diaryl/α,β-unsaturated/α-hetero) is 1. The van der Waals surface area contributed by atoms with E-state index in [4.69, 9.17) is 0 Å². The smallest absolute Gasteiger partial charge is 0.159 e. The summed E-state index contributed by atoms with van der Waals surface area (Å²) in [6.45, 7) is 4.75. The quantitative estimate of drug-likeness (QED) is 0.510. The highest BCUT2D eigenvalue weighted by Gasteiger charge is 2.27. The van der Waals surface area contributed by atoms with Gasteiger partial charge in [0.25, 0.3) is 0 Å². The monoisotopic (exact) mass is 384 g/mol. The predicted octanol–water partition coefficient (Wildman–Crippen LogP) is 5.69. The molecule has 3 aromatic rings. The van der Waals surface area contributed by atoms with Crippen LogP contribution in [0.4, 0.5) is 11.4 Å². The summed E-state index contributed by atoms with van der Waals surface area (Å²) in [5, 5.41) is 0. The maximum atomic E-state index is 12.0. The molecule has 29 heavy (non-hydrogen) atoms. The van der Waals surface area contributed by atoms with Crippen molar-refractivity contribution in [2.75, 3.05) is 18.0 Å². The van der Waals surface area contributed by atoms with Crippen LogP contribution in [0, 0.1) is 0 Å². The number of piperidine rings is 1. The zero-order valence-corrected chi connectivity index (χ0v) is 17.0. The van der Waals surface area contributed by atoms with Crippen molar-refractivity contribution in [1.29, 1.82) is 0 Å². The minimum atomic E-state index is 0.106. The minimum Gasteiger partial charge on any atom is -0.337 e. The van der Waals surface area contributed by atoms with E-state index in [-0.39, 0.29) is 5.78 Å². The molecule has 1 unspecified atom stereocenters. The fourth-order valence-corrected chi connectivity index (χ4v) is 4.26. The average Bonchev–Trinajstić information content (AvgIpc) is 2.76. The van der Waals surface area contributed by atoms with Crippen LogP contribution in [0.25, 0.3) is 0 Å². The van der Waals surface area contributed by atoms with E-state index < -0.39 is 0 Å². The average molecular weight is 385 g/mol. The van der Waals surface area contributed by atoms with E-state index in [9.17, 15) is 4.79 Å². The fourth-order valence-electron chi connectivity index (χ4n) is 4.26. The van der Waals surface area contributed by atoms with E-state index in [0.29, 0.717) is 6.04 Å². The number of hydrogen-bond acceptors (Lipinski definition) is 3. The van der Waals surface area contributed by atoms with Crippen molar-refractivity contribution in [2.45, 2.75) is 32.4 Å². The Hall–Kier alpha value is -2.91. The van der Waals surface area contributed by atoms with Crippen LogP contribution >= 0.6 is 0 Å². The molecule has 0 spiro atoms. The minimum absolute atomic E-state index is 0.106. The lowest BCUT2D eigenvalue weighted by molar-refractivity contribution is 0.101. The molecule has 1 heterocycles. The molecule has 1 saturated heterocycles. The van der Waals surface area contributed by atoms with Crippen LogP contribution in [0.1, 0.15) is 35.7 Å². The van der Waals surface area contributed by atoms with Gasteiger partial charge in [-0.05, 0) is 56.1 Å². The van der Waals surface area contributed by atoms with Crippen molar-refractivity contribution in [1.82, 2.24) is 4.90 Å². The van der Waals surface area contributed by atoms with Crippen LogP contribution < -0.4 is 4.90 Å². The Morgan fingerprint density at radius 2 is 1.62 bits per heavy atom. The van der Waals surface area contributed by atoms with Crippen LogP contribution in [0.2, 0.25) is 0 Å². The second-order valence-corrected chi connectivity index (χ2v) is 7.83. The molecule has 3 nitrogen and oxygen atoms in total. The summed E-state index contributed by atoms with van der Waals surface area (Å²) >= 11 is 0. The van der Waals surface area contributed by atoms with Gasteiger partial charge in [0.15, 0.2) is 5.78 Å². The molecule has 148 valence electrons. The van der Waals surface area contributed by atoms with Crippen LogP contribution in [-0.2, 0) is 6.54 Å². The Morgan fingerprint density at radius 1 is 0.931 bits per heavy atom. The third kappa shape index (κ3) is 4.75. The highest BCUT2D eigenvalue weighted by atomic mass is 16.1. The van der Waals surface area contributed by atoms with Crippen LogP contribution in [0.5, 0.6) is 0 Å². The summed E-state index contributed by atoms with van der Waals surface area (Å²) in [6, 6.07) is 29.7. The zero-order valence-electron chi connectivity index (χ0n) is 17.0. The Bertz CT molecular complexity index is 939. The molecule has 1 aliphatic heterocycles. The summed E-state index contributed by atoms with van der Waals surface area (Å²) in [5.41, 5.74) is 4.40. The standard InChI is InChI=1S/C26H28N2O/c1-21(29)23-12-8-15-25(18-23)28(24-13-6-3-7-14-24)26-16-9-17-27(20-26)19-22-10-4-2-5-11-22/h2-8,10-15,18,26H,9,16-17,19-20H2,1H3. The maximum absolute atomic E-state index is 12.0. The SMILES string of the molecule is CC(=O)c1cccc(N(c2ccccc2)C2CCCN(Cc3ccccc3)C2)c1. The van der Waals surface area contributed by atoms with Crippen molar-refractivity contribution < 1.29 is 4.79 Å². The summed E-state index contributed by atoms with van der Waals surface area (Å²) in [7, 11) is 0. The lowest BCUT2D eigenvalue weighted by atomic mass is 10.0. The Labute approximate surface area is 173 Å². The second kappa shape index (κ2) is 9.06. The number of rotatable bonds is 6. The van der Waals surface area contributed by atoms with E-state index >= 15 is 0 Å². The lowest BCUT2D eigenvalue weighted by Crippen LogP contribution is -2.46. The van der Waals surface area contributed by atoms with Gasteiger partial charge in [0.1, 0.15) is 0 Å². The van der Waals surface area contributed by atoms with Crippen molar-refractivity contribution in [3.63, 3.8) is 0 Å². The molecule has 4 rings (SSSR count). The molecule has 1 aliphatic rings. The normalized spacial score (nSPS) is 17.1. The van der Waals surface area contributed by atoms with Gasteiger partial charge in [0.05, 0.1) is 0 Å². The van der Waals surface area contributed by atoms with Crippen molar-refractivity contribution in [2.24, 2.45) is 0 Å². The molecular weight excluding hydrogens is 356 g/mol. The molecular formula is C26H28N2O. The van der Waals surface area contributed by atoms with E-state index in [1.165, 1.54) is 17.7 Å². The highest BCUT2D eigenvalue weighted by Crippen LogP contribution is 2.32. The molecule has 0 bridgehead atoms. The first kappa shape index (κ1) is 19.4. The number of nitrogens with zero attached hydrogens (tertiary/aromatic N) is 2. The highest BCUT2D eigenvalue weighted by molar-refractivity contribution is 5.95. The lowest BCUT2D eigenvalue weighted by Gasteiger charge is -2.41. The molecule has 3 aromatic carbocycles. The molecule has 1 atom stereocenters. The first-order valence-electron chi connectivity index (χ1n) is 10.4. The molecule has 0 N–H and O–H groups in total. The first-order chi connectivity index (χ1) is 14.2. The Morgan fingerprint density at radius 3 is 2.34 bits per heavy atom. The van der Waals surface area contributed by atoms with Crippen LogP contribution in [0.15, 0.2) is 84.9 Å². The zero-order chi connectivity index (χ0) is 20.1. The van der Waals surface area contributed by atoms with Gasteiger partial charge in [-0.2, -0.15) is 0 Å². The van der Waals surface area contributed by atoms with E-state index in [0.717, 1.165) is 37.3 Å². The summed E-state index contributed by atoms with van der Waals surface area (Å²) in [5.74, 6) is 0.106. The number of carbonyl (C=O) groups excluding carboxylic acids is 1. The van der Waals surface area contributed by atoms with Crippen LogP contribution in [-0.4, -0.2) is 29.8 Å². The van der Waals surface area contributed by atoms with E-state index in [2.05, 4.69) is 76.5 Å². The Balaban J connectivity index is 1.62. The molecule has 3 heteroatoms. The third-order valence-corrected chi connectivity index (χ3v) is 5.66. The maximum Gasteiger partial charge on any atom is 0.159 e. The topological polar surface area (TPSA) is 23.6 Å².